The summed E-state index contributed by atoms with van der Waals surface area (Å²) in [6, 6.07) is 0. The molecule has 1 aliphatic heterocycles. The molecule has 78 valence electrons. The van der Waals surface area contributed by atoms with Crippen LogP contribution in [0.5, 0.6) is 0 Å². The fraction of sp³-hybridized carbons (Fsp3) is 1.00. The first-order valence-corrected chi connectivity index (χ1v) is 4.90. The van der Waals surface area contributed by atoms with Crippen molar-refractivity contribution in [1.29, 1.82) is 0 Å². The Bertz CT molecular complexity index is 144. The normalized spacial score (nSPS) is 26.5. The van der Waals surface area contributed by atoms with Gasteiger partial charge in [0.25, 0.3) is 0 Å². The van der Waals surface area contributed by atoms with E-state index in [0.717, 1.165) is 13.1 Å². The first-order chi connectivity index (χ1) is 6.22. The average Bonchev–Trinajstić information content (AvgIpc) is 2.51. The van der Waals surface area contributed by atoms with Crippen LogP contribution in [0.4, 0.5) is 0 Å². The highest BCUT2D eigenvalue weighted by Gasteiger charge is 2.18. The largest absolute Gasteiger partial charge is 0.394 e. The standard InChI is InChI=1S/C9H20N2O2/c1-11-3-2-8(6-11)4-10-5-9(13)7-12/h8-10,12-13H,2-7H2,1H3. The fourth-order valence-electron chi connectivity index (χ4n) is 1.71. The lowest BCUT2D eigenvalue weighted by molar-refractivity contribution is 0.0937. The Labute approximate surface area is 79.6 Å². The zero-order valence-electron chi connectivity index (χ0n) is 8.24. The van der Waals surface area contributed by atoms with Gasteiger partial charge in [-0.2, -0.15) is 0 Å². The summed E-state index contributed by atoms with van der Waals surface area (Å²) in [6.07, 6.45) is 0.623. The highest BCUT2D eigenvalue weighted by atomic mass is 16.3. The highest BCUT2D eigenvalue weighted by molar-refractivity contribution is 4.75. The lowest BCUT2D eigenvalue weighted by Crippen LogP contribution is -2.33. The predicted molar refractivity (Wildman–Crippen MR) is 51.6 cm³/mol. The molecule has 3 N–H and O–H groups in total. The number of hydrogen-bond donors (Lipinski definition) is 3. The van der Waals surface area contributed by atoms with Gasteiger partial charge in [0.1, 0.15) is 0 Å². The zero-order valence-corrected chi connectivity index (χ0v) is 8.24. The van der Waals surface area contributed by atoms with Gasteiger partial charge in [0, 0.05) is 13.1 Å². The van der Waals surface area contributed by atoms with Gasteiger partial charge in [-0.15, -0.1) is 0 Å². The van der Waals surface area contributed by atoms with Crippen LogP contribution in [0, 0.1) is 5.92 Å². The molecule has 0 spiro atoms. The molecular weight excluding hydrogens is 168 g/mol. The first kappa shape index (κ1) is 10.9. The van der Waals surface area contributed by atoms with E-state index in [4.69, 9.17) is 10.2 Å². The molecule has 0 aromatic carbocycles. The van der Waals surface area contributed by atoms with Crippen molar-refractivity contribution < 1.29 is 10.2 Å². The van der Waals surface area contributed by atoms with E-state index in [0.29, 0.717) is 12.5 Å². The highest BCUT2D eigenvalue weighted by Crippen LogP contribution is 2.12. The van der Waals surface area contributed by atoms with Gasteiger partial charge in [-0.05, 0) is 32.5 Å². The lowest BCUT2D eigenvalue weighted by atomic mass is 10.1. The van der Waals surface area contributed by atoms with Crippen molar-refractivity contribution in [3.8, 4) is 0 Å². The lowest BCUT2D eigenvalue weighted by Gasteiger charge is -2.13. The van der Waals surface area contributed by atoms with Crippen molar-refractivity contribution in [2.24, 2.45) is 5.92 Å². The fourth-order valence-corrected chi connectivity index (χ4v) is 1.71. The molecule has 2 atom stereocenters. The van der Waals surface area contributed by atoms with Gasteiger partial charge in [-0.1, -0.05) is 0 Å². The van der Waals surface area contributed by atoms with E-state index in [1.807, 2.05) is 0 Å². The van der Waals surface area contributed by atoms with E-state index in [9.17, 15) is 0 Å². The van der Waals surface area contributed by atoms with E-state index in [-0.39, 0.29) is 6.61 Å². The summed E-state index contributed by atoms with van der Waals surface area (Å²) in [5.41, 5.74) is 0. The average molecular weight is 188 g/mol. The Morgan fingerprint density at radius 1 is 1.62 bits per heavy atom. The van der Waals surface area contributed by atoms with Crippen LogP contribution >= 0.6 is 0 Å². The second-order valence-electron chi connectivity index (χ2n) is 3.91. The molecule has 1 heterocycles. The smallest absolute Gasteiger partial charge is 0.0894 e. The Balaban J connectivity index is 2.00. The quantitative estimate of drug-likeness (QED) is 0.511. The van der Waals surface area contributed by atoms with Crippen molar-refractivity contribution in [2.75, 3.05) is 39.8 Å². The zero-order chi connectivity index (χ0) is 9.68. The summed E-state index contributed by atoms with van der Waals surface area (Å²) in [5.74, 6) is 0.705. The summed E-state index contributed by atoms with van der Waals surface area (Å²) in [7, 11) is 2.13. The van der Waals surface area contributed by atoms with Crippen molar-refractivity contribution in [3.63, 3.8) is 0 Å². The summed E-state index contributed by atoms with van der Waals surface area (Å²) in [6.45, 7) is 3.60. The Hall–Kier alpha value is -0.160. The van der Waals surface area contributed by atoms with Crippen LogP contribution in [0.15, 0.2) is 0 Å². The Kier molecular flexibility index (Phi) is 4.66. The van der Waals surface area contributed by atoms with E-state index in [2.05, 4.69) is 17.3 Å². The molecule has 2 unspecified atom stereocenters. The van der Waals surface area contributed by atoms with Gasteiger partial charge in [0.15, 0.2) is 0 Å². The second-order valence-corrected chi connectivity index (χ2v) is 3.91. The summed E-state index contributed by atoms with van der Waals surface area (Å²) < 4.78 is 0. The van der Waals surface area contributed by atoms with E-state index < -0.39 is 6.10 Å². The molecule has 0 amide bonds. The van der Waals surface area contributed by atoms with Crippen LogP contribution in [0.2, 0.25) is 0 Å². The van der Waals surface area contributed by atoms with E-state index in [1.54, 1.807) is 0 Å². The molecule has 0 saturated carbocycles. The topological polar surface area (TPSA) is 55.7 Å². The maximum Gasteiger partial charge on any atom is 0.0894 e. The number of aliphatic hydroxyl groups excluding tert-OH is 2. The SMILES string of the molecule is CN1CCC(CNCC(O)CO)C1. The van der Waals surface area contributed by atoms with Crippen molar-refractivity contribution in [2.45, 2.75) is 12.5 Å². The van der Waals surface area contributed by atoms with Crippen molar-refractivity contribution >= 4 is 0 Å². The summed E-state index contributed by atoms with van der Waals surface area (Å²) in [5, 5.41) is 20.8. The molecule has 0 aromatic rings. The maximum atomic E-state index is 9.06. The predicted octanol–water partition coefficient (Wildman–Crippen LogP) is -1.12. The minimum Gasteiger partial charge on any atom is -0.394 e. The van der Waals surface area contributed by atoms with Crippen LogP contribution in [-0.2, 0) is 0 Å². The third-order valence-electron chi connectivity index (χ3n) is 2.51. The van der Waals surface area contributed by atoms with Crippen LogP contribution in [0.1, 0.15) is 6.42 Å². The number of hydrogen-bond acceptors (Lipinski definition) is 4. The monoisotopic (exact) mass is 188 g/mol. The molecule has 13 heavy (non-hydrogen) atoms. The number of nitrogens with one attached hydrogen (secondary N) is 1. The molecule has 0 radical (unpaired) electrons. The molecule has 1 fully saturated rings. The minimum atomic E-state index is -0.612. The first-order valence-electron chi connectivity index (χ1n) is 4.90. The molecule has 1 saturated heterocycles. The Morgan fingerprint density at radius 3 is 2.92 bits per heavy atom. The van der Waals surface area contributed by atoms with Crippen LogP contribution in [-0.4, -0.2) is 61.1 Å². The second kappa shape index (κ2) is 5.54. The van der Waals surface area contributed by atoms with Gasteiger partial charge >= 0.3 is 0 Å². The minimum absolute atomic E-state index is 0.155. The number of nitrogens with zero attached hydrogens (tertiary/aromatic N) is 1. The molecule has 0 aliphatic carbocycles. The molecule has 0 aromatic heterocycles. The summed E-state index contributed by atoms with van der Waals surface area (Å²) in [4.78, 5) is 2.31. The maximum absolute atomic E-state index is 9.06. The van der Waals surface area contributed by atoms with E-state index in [1.165, 1.54) is 13.0 Å². The number of likely N-dealkylation sites (tertiary alicyclic amines) is 1. The van der Waals surface area contributed by atoms with Gasteiger partial charge in [-0.3, -0.25) is 0 Å². The molecule has 1 rings (SSSR count). The van der Waals surface area contributed by atoms with Crippen LogP contribution < -0.4 is 5.32 Å². The van der Waals surface area contributed by atoms with Gasteiger partial charge in [0.2, 0.25) is 0 Å². The molecule has 0 bridgehead atoms. The van der Waals surface area contributed by atoms with Crippen molar-refractivity contribution in [1.82, 2.24) is 10.2 Å². The number of aliphatic hydroxyl groups is 2. The third-order valence-corrected chi connectivity index (χ3v) is 2.51. The molecule has 4 nitrogen and oxygen atoms in total. The molecular formula is C9H20N2O2. The van der Waals surface area contributed by atoms with Crippen LogP contribution in [0.3, 0.4) is 0 Å². The van der Waals surface area contributed by atoms with Crippen molar-refractivity contribution in [3.05, 3.63) is 0 Å². The summed E-state index contributed by atoms with van der Waals surface area (Å²) >= 11 is 0. The van der Waals surface area contributed by atoms with E-state index >= 15 is 0 Å². The van der Waals surface area contributed by atoms with Crippen LogP contribution in [0.25, 0.3) is 0 Å². The number of rotatable bonds is 5. The van der Waals surface area contributed by atoms with Gasteiger partial charge in [-0.25, -0.2) is 0 Å². The molecule has 1 aliphatic rings. The third kappa shape index (κ3) is 4.04. The molecule has 4 heteroatoms. The van der Waals surface area contributed by atoms with Gasteiger partial charge < -0.3 is 20.4 Å². The Morgan fingerprint density at radius 2 is 2.38 bits per heavy atom. The van der Waals surface area contributed by atoms with Gasteiger partial charge in [0.05, 0.1) is 12.7 Å².